The van der Waals surface area contributed by atoms with Gasteiger partial charge in [-0.2, -0.15) is 0 Å². The number of ether oxygens (including phenoxy) is 2. The maximum Gasteiger partial charge on any atom is 0.205 e. The lowest BCUT2D eigenvalue weighted by Gasteiger charge is -2.14. The Morgan fingerprint density at radius 2 is 2.11 bits per heavy atom. The van der Waals surface area contributed by atoms with Crippen LogP contribution < -0.4 is 21.3 Å². The van der Waals surface area contributed by atoms with E-state index in [1.165, 1.54) is 13.4 Å². The number of aliphatic hydroxyl groups is 1. The largest absolute Gasteiger partial charge is 0.490 e. The normalized spacial score (nSPS) is 12.0. The number of aromatic nitrogens is 2. The van der Waals surface area contributed by atoms with Gasteiger partial charge < -0.3 is 25.3 Å². The van der Waals surface area contributed by atoms with Crippen LogP contribution in [0, 0.1) is 0 Å². The molecule has 0 amide bonds. The minimum atomic E-state index is -0.512. The highest BCUT2D eigenvalue weighted by molar-refractivity contribution is 5.62. The molecule has 1 aromatic heterocycles. The van der Waals surface area contributed by atoms with E-state index in [-0.39, 0.29) is 0 Å². The van der Waals surface area contributed by atoms with Crippen molar-refractivity contribution in [2.75, 3.05) is 38.1 Å². The first-order chi connectivity index (χ1) is 8.72. The van der Waals surface area contributed by atoms with Crippen molar-refractivity contribution in [2.45, 2.75) is 12.5 Å². The van der Waals surface area contributed by atoms with Crippen LogP contribution in [0.25, 0.3) is 0 Å². The highest BCUT2D eigenvalue weighted by Gasteiger charge is 2.11. The Bertz CT molecular complexity index is 363. The number of hydrazine groups is 1. The predicted octanol–water partition coefficient (Wildman–Crippen LogP) is -0.420. The molecule has 1 unspecified atom stereocenters. The van der Waals surface area contributed by atoms with Crippen LogP contribution in [0.3, 0.4) is 0 Å². The zero-order valence-electron chi connectivity index (χ0n) is 10.5. The van der Waals surface area contributed by atoms with Gasteiger partial charge in [-0.05, 0) is 6.42 Å². The molecule has 18 heavy (non-hydrogen) atoms. The summed E-state index contributed by atoms with van der Waals surface area (Å²) in [5.41, 5.74) is 2.42. The summed E-state index contributed by atoms with van der Waals surface area (Å²) in [6.07, 6.45) is 1.39. The number of methoxy groups -OCH3 is 2. The summed E-state index contributed by atoms with van der Waals surface area (Å²) in [6, 6.07) is 0. The fourth-order valence-corrected chi connectivity index (χ4v) is 1.43. The van der Waals surface area contributed by atoms with E-state index in [9.17, 15) is 5.11 Å². The van der Waals surface area contributed by atoms with Crippen molar-refractivity contribution in [2.24, 2.45) is 5.84 Å². The maximum atomic E-state index is 9.49. The SMILES string of the molecule is COCC(O)CCNc1ncnc(NN)c1OC. The van der Waals surface area contributed by atoms with Crippen LogP contribution in [-0.4, -0.2) is 48.5 Å². The van der Waals surface area contributed by atoms with Gasteiger partial charge in [0, 0.05) is 13.7 Å². The van der Waals surface area contributed by atoms with E-state index in [2.05, 4.69) is 20.7 Å². The van der Waals surface area contributed by atoms with Gasteiger partial charge in [0.2, 0.25) is 5.75 Å². The summed E-state index contributed by atoms with van der Waals surface area (Å²) in [6.45, 7) is 0.833. The Balaban J connectivity index is 2.56. The summed E-state index contributed by atoms with van der Waals surface area (Å²) in [5, 5.41) is 12.5. The van der Waals surface area contributed by atoms with Crippen LogP contribution in [0.2, 0.25) is 0 Å². The van der Waals surface area contributed by atoms with Gasteiger partial charge in [0.25, 0.3) is 0 Å². The van der Waals surface area contributed by atoms with E-state index < -0.39 is 6.10 Å². The number of nitrogen functional groups attached to an aromatic ring is 1. The maximum absolute atomic E-state index is 9.49. The molecule has 0 bridgehead atoms. The molecule has 0 aliphatic heterocycles. The van der Waals surface area contributed by atoms with Crippen molar-refractivity contribution in [1.82, 2.24) is 9.97 Å². The first-order valence-electron chi connectivity index (χ1n) is 5.49. The molecule has 8 nitrogen and oxygen atoms in total. The van der Waals surface area contributed by atoms with E-state index in [1.54, 1.807) is 7.11 Å². The number of nitrogens with one attached hydrogen (secondary N) is 2. The molecule has 8 heteroatoms. The second-order valence-electron chi connectivity index (χ2n) is 3.57. The number of aliphatic hydroxyl groups excluding tert-OH is 1. The molecule has 0 fully saturated rings. The van der Waals surface area contributed by atoms with Crippen LogP contribution in [0.15, 0.2) is 6.33 Å². The first-order valence-corrected chi connectivity index (χ1v) is 5.49. The van der Waals surface area contributed by atoms with Gasteiger partial charge in [0.1, 0.15) is 6.33 Å². The van der Waals surface area contributed by atoms with Crippen molar-refractivity contribution in [3.05, 3.63) is 6.33 Å². The molecule has 0 saturated carbocycles. The molecule has 0 aromatic carbocycles. The van der Waals surface area contributed by atoms with Gasteiger partial charge in [0.05, 0.1) is 19.8 Å². The van der Waals surface area contributed by atoms with E-state index in [4.69, 9.17) is 15.3 Å². The van der Waals surface area contributed by atoms with E-state index in [1.807, 2.05) is 0 Å². The first kappa shape index (κ1) is 14.4. The van der Waals surface area contributed by atoms with Crippen LogP contribution in [-0.2, 0) is 4.74 Å². The average Bonchev–Trinajstić information content (AvgIpc) is 2.38. The van der Waals surface area contributed by atoms with Gasteiger partial charge in [-0.15, -0.1) is 0 Å². The minimum Gasteiger partial charge on any atom is -0.490 e. The van der Waals surface area contributed by atoms with Crippen molar-refractivity contribution in [3.8, 4) is 5.75 Å². The van der Waals surface area contributed by atoms with Crippen LogP contribution >= 0.6 is 0 Å². The fourth-order valence-electron chi connectivity index (χ4n) is 1.43. The minimum absolute atomic E-state index is 0.304. The highest BCUT2D eigenvalue weighted by Crippen LogP contribution is 2.27. The van der Waals surface area contributed by atoms with Crippen LogP contribution in [0.1, 0.15) is 6.42 Å². The lowest BCUT2D eigenvalue weighted by Crippen LogP contribution is -2.19. The quantitative estimate of drug-likeness (QED) is 0.367. The van der Waals surface area contributed by atoms with Crippen molar-refractivity contribution in [3.63, 3.8) is 0 Å². The second kappa shape index (κ2) is 7.64. The number of hydrogen-bond donors (Lipinski definition) is 4. The summed E-state index contributed by atoms with van der Waals surface area (Å²) >= 11 is 0. The van der Waals surface area contributed by atoms with Gasteiger partial charge in [0.15, 0.2) is 11.6 Å². The molecular formula is C10H19N5O3. The molecule has 0 spiro atoms. The van der Waals surface area contributed by atoms with Gasteiger partial charge in [-0.1, -0.05) is 0 Å². The smallest absolute Gasteiger partial charge is 0.205 e. The Morgan fingerprint density at radius 3 is 2.72 bits per heavy atom. The Morgan fingerprint density at radius 1 is 1.39 bits per heavy atom. The molecule has 0 aliphatic rings. The zero-order chi connectivity index (χ0) is 13.4. The Labute approximate surface area is 105 Å². The lowest BCUT2D eigenvalue weighted by atomic mass is 10.2. The second-order valence-corrected chi connectivity index (χ2v) is 3.57. The summed E-state index contributed by atoms with van der Waals surface area (Å²) in [4.78, 5) is 7.96. The Hall–Kier alpha value is -1.64. The molecule has 1 atom stereocenters. The van der Waals surface area contributed by atoms with E-state index in [0.717, 1.165) is 0 Å². The van der Waals surface area contributed by atoms with Gasteiger partial charge >= 0.3 is 0 Å². The van der Waals surface area contributed by atoms with Crippen molar-refractivity contribution in [1.29, 1.82) is 0 Å². The standard InChI is InChI=1S/C10H19N5O3/c1-17-5-7(16)3-4-12-9-8(18-2)10(15-11)14-6-13-9/h6-7,16H,3-5,11H2,1-2H3,(H2,12,13,14,15). The third-order valence-electron chi connectivity index (χ3n) is 2.27. The van der Waals surface area contributed by atoms with Crippen LogP contribution in [0.5, 0.6) is 5.75 Å². The number of nitrogens with two attached hydrogens (primary N) is 1. The van der Waals surface area contributed by atoms with Crippen molar-refractivity contribution < 1.29 is 14.6 Å². The molecule has 5 N–H and O–H groups in total. The summed E-state index contributed by atoms with van der Waals surface area (Å²) in [7, 11) is 3.05. The van der Waals surface area contributed by atoms with Crippen LogP contribution in [0.4, 0.5) is 11.6 Å². The van der Waals surface area contributed by atoms with E-state index >= 15 is 0 Å². The van der Waals surface area contributed by atoms with Gasteiger partial charge in [-0.25, -0.2) is 15.8 Å². The molecule has 1 rings (SSSR count). The lowest BCUT2D eigenvalue weighted by molar-refractivity contribution is 0.0615. The number of rotatable bonds is 8. The van der Waals surface area contributed by atoms with E-state index in [0.29, 0.717) is 37.0 Å². The molecule has 1 aromatic rings. The Kier molecular flexibility index (Phi) is 6.12. The fraction of sp³-hybridized carbons (Fsp3) is 0.600. The van der Waals surface area contributed by atoms with Crippen molar-refractivity contribution >= 4 is 11.6 Å². The number of hydrogen-bond acceptors (Lipinski definition) is 8. The monoisotopic (exact) mass is 257 g/mol. The number of nitrogens with zero attached hydrogens (tertiary/aromatic N) is 2. The molecule has 0 aliphatic carbocycles. The molecule has 102 valence electrons. The molecule has 0 radical (unpaired) electrons. The topological polar surface area (TPSA) is 115 Å². The predicted molar refractivity (Wildman–Crippen MR) is 67.4 cm³/mol. The molecule has 1 heterocycles. The summed E-state index contributed by atoms with van der Waals surface area (Å²) in [5.74, 6) is 6.65. The summed E-state index contributed by atoms with van der Waals surface area (Å²) < 4.78 is 9.99. The zero-order valence-corrected chi connectivity index (χ0v) is 10.5. The highest BCUT2D eigenvalue weighted by atomic mass is 16.5. The molecular weight excluding hydrogens is 238 g/mol. The number of anilines is 2. The third-order valence-corrected chi connectivity index (χ3v) is 2.27. The average molecular weight is 257 g/mol. The molecule has 0 saturated heterocycles. The van der Waals surface area contributed by atoms with Gasteiger partial charge in [-0.3, -0.25) is 0 Å². The third kappa shape index (κ3) is 3.99.